The summed E-state index contributed by atoms with van der Waals surface area (Å²) in [6, 6.07) is 6.84. The number of alkyl halides is 1. The fraction of sp³-hybridized carbons (Fsp3) is 0.588. The highest BCUT2D eigenvalue weighted by Crippen LogP contribution is 2.52. The fourth-order valence-corrected chi connectivity index (χ4v) is 3.68. The van der Waals surface area contributed by atoms with Crippen molar-refractivity contribution in [2.75, 3.05) is 6.61 Å². The van der Waals surface area contributed by atoms with Crippen molar-refractivity contribution in [1.29, 1.82) is 0 Å². The molecule has 1 aromatic heterocycles. The van der Waals surface area contributed by atoms with Crippen molar-refractivity contribution < 1.29 is 4.74 Å². The molecule has 1 aromatic carbocycles. The van der Waals surface area contributed by atoms with E-state index in [2.05, 4.69) is 50.5 Å². The van der Waals surface area contributed by atoms with Crippen LogP contribution in [0, 0.1) is 12.3 Å². The second-order valence-electron chi connectivity index (χ2n) is 6.54. The van der Waals surface area contributed by atoms with Crippen LogP contribution in [0.5, 0.6) is 0 Å². The van der Waals surface area contributed by atoms with E-state index in [9.17, 15) is 0 Å². The summed E-state index contributed by atoms with van der Waals surface area (Å²) in [7, 11) is 0. The maximum absolute atomic E-state index is 6.14. The number of ether oxygens (including phenoxy) is 1. The number of nitrogens with zero attached hydrogens (tertiary/aromatic N) is 2. The monoisotopic (exact) mass is 306 g/mol. The summed E-state index contributed by atoms with van der Waals surface area (Å²) in [5.41, 5.74) is 3.56. The number of aromatic nitrogens is 2. The van der Waals surface area contributed by atoms with Gasteiger partial charge in [0, 0.05) is 18.1 Å². The van der Waals surface area contributed by atoms with Crippen molar-refractivity contribution >= 4 is 22.6 Å². The Labute approximate surface area is 131 Å². The van der Waals surface area contributed by atoms with E-state index in [1.807, 2.05) is 0 Å². The van der Waals surface area contributed by atoms with Gasteiger partial charge in [0.05, 0.1) is 23.0 Å². The predicted octanol–water partition coefficient (Wildman–Crippen LogP) is 4.46. The van der Waals surface area contributed by atoms with Gasteiger partial charge in [0.2, 0.25) is 0 Å². The average Bonchev–Trinajstić information content (AvgIpc) is 2.80. The minimum Gasteiger partial charge on any atom is -0.378 e. The quantitative estimate of drug-likeness (QED) is 0.780. The maximum atomic E-state index is 6.14. The topological polar surface area (TPSA) is 27.1 Å². The molecule has 1 heterocycles. The Balaban J connectivity index is 2.05. The largest absolute Gasteiger partial charge is 0.378 e. The summed E-state index contributed by atoms with van der Waals surface area (Å²) < 4.78 is 8.19. The van der Waals surface area contributed by atoms with Gasteiger partial charge >= 0.3 is 0 Å². The van der Waals surface area contributed by atoms with E-state index in [1.54, 1.807) is 0 Å². The molecule has 0 spiro atoms. The van der Waals surface area contributed by atoms with Gasteiger partial charge in [-0.2, -0.15) is 0 Å². The molecule has 1 aliphatic carbocycles. The maximum Gasteiger partial charge on any atom is 0.125 e. The van der Waals surface area contributed by atoms with Gasteiger partial charge in [0.1, 0.15) is 5.82 Å². The summed E-state index contributed by atoms with van der Waals surface area (Å²) >= 11 is 6.14. The van der Waals surface area contributed by atoms with Crippen molar-refractivity contribution in [3.63, 3.8) is 0 Å². The van der Waals surface area contributed by atoms with Crippen LogP contribution in [-0.4, -0.2) is 22.3 Å². The molecule has 1 aliphatic rings. The second-order valence-corrected chi connectivity index (χ2v) is 6.81. The lowest BCUT2D eigenvalue weighted by molar-refractivity contribution is -0.127. The molecule has 2 unspecified atom stereocenters. The molecule has 21 heavy (non-hydrogen) atoms. The smallest absolute Gasteiger partial charge is 0.125 e. The van der Waals surface area contributed by atoms with E-state index in [0.29, 0.717) is 18.0 Å². The number of rotatable bonds is 4. The molecule has 0 saturated heterocycles. The van der Waals surface area contributed by atoms with Crippen molar-refractivity contribution in [2.24, 2.45) is 5.41 Å². The van der Waals surface area contributed by atoms with Crippen molar-refractivity contribution in [3.8, 4) is 0 Å². The van der Waals surface area contributed by atoms with E-state index in [1.165, 1.54) is 11.1 Å². The van der Waals surface area contributed by atoms with Gasteiger partial charge in [-0.05, 0) is 38.0 Å². The van der Waals surface area contributed by atoms with Crippen LogP contribution in [0.1, 0.15) is 44.6 Å². The number of benzene rings is 1. The van der Waals surface area contributed by atoms with E-state index < -0.39 is 0 Å². The Morgan fingerprint density at radius 3 is 2.81 bits per heavy atom. The molecule has 2 aromatic rings. The zero-order valence-electron chi connectivity index (χ0n) is 13.2. The van der Waals surface area contributed by atoms with Gasteiger partial charge < -0.3 is 9.30 Å². The Morgan fingerprint density at radius 2 is 2.19 bits per heavy atom. The van der Waals surface area contributed by atoms with Crippen LogP contribution in [0.3, 0.4) is 0 Å². The Kier molecular flexibility index (Phi) is 3.74. The van der Waals surface area contributed by atoms with E-state index in [0.717, 1.165) is 24.4 Å². The molecular formula is C17H23ClN2O. The molecular weight excluding hydrogens is 284 g/mol. The van der Waals surface area contributed by atoms with E-state index in [4.69, 9.17) is 21.3 Å². The van der Waals surface area contributed by atoms with Crippen molar-refractivity contribution in [3.05, 3.63) is 29.6 Å². The number of fused-ring (bicyclic) bond motifs is 1. The molecule has 3 rings (SSSR count). The molecule has 0 radical (unpaired) electrons. The Morgan fingerprint density at radius 1 is 1.43 bits per heavy atom. The lowest BCUT2D eigenvalue weighted by Crippen LogP contribution is -2.51. The normalized spacial score (nSPS) is 24.2. The fourth-order valence-electron chi connectivity index (χ4n) is 3.49. The molecule has 0 N–H and O–H groups in total. The van der Waals surface area contributed by atoms with Gasteiger partial charge in [0.15, 0.2) is 0 Å². The minimum absolute atomic E-state index is 0.106. The van der Waals surface area contributed by atoms with E-state index >= 15 is 0 Å². The summed E-state index contributed by atoms with van der Waals surface area (Å²) in [4.78, 5) is 4.72. The predicted molar refractivity (Wildman–Crippen MR) is 86.9 cm³/mol. The van der Waals surface area contributed by atoms with Gasteiger partial charge in [0.25, 0.3) is 0 Å². The highest BCUT2D eigenvalue weighted by Gasteiger charge is 2.50. The van der Waals surface area contributed by atoms with Crippen LogP contribution in [-0.2, 0) is 10.6 Å². The van der Waals surface area contributed by atoms with Gasteiger partial charge in [-0.25, -0.2) is 4.98 Å². The molecule has 114 valence electrons. The number of hydrogen-bond donors (Lipinski definition) is 0. The molecule has 4 heteroatoms. The number of hydrogen-bond acceptors (Lipinski definition) is 2. The van der Waals surface area contributed by atoms with Crippen molar-refractivity contribution in [1.82, 2.24) is 9.55 Å². The molecule has 3 nitrogen and oxygen atoms in total. The zero-order valence-corrected chi connectivity index (χ0v) is 13.9. The number of aryl methyl sites for hydroxylation is 1. The minimum atomic E-state index is 0.106. The third kappa shape index (κ3) is 2.27. The molecule has 1 fully saturated rings. The van der Waals surface area contributed by atoms with Gasteiger partial charge in [-0.3, -0.25) is 0 Å². The first kappa shape index (κ1) is 14.9. The third-order valence-corrected chi connectivity index (χ3v) is 5.08. The summed E-state index contributed by atoms with van der Waals surface area (Å²) in [5.74, 6) is 1.41. The summed E-state index contributed by atoms with van der Waals surface area (Å²) in [6.45, 7) is 9.48. The first-order chi connectivity index (χ1) is 9.98. The van der Waals surface area contributed by atoms with Crippen molar-refractivity contribution in [2.45, 2.75) is 52.1 Å². The molecule has 1 saturated carbocycles. The Hall–Kier alpha value is -1.06. The summed E-state index contributed by atoms with van der Waals surface area (Å²) in [5, 5.41) is 0. The average molecular weight is 307 g/mol. The molecule has 2 atom stereocenters. The first-order valence-corrected chi connectivity index (χ1v) is 8.17. The lowest BCUT2D eigenvalue weighted by Gasteiger charge is -2.52. The first-order valence-electron chi connectivity index (χ1n) is 7.64. The van der Waals surface area contributed by atoms with Gasteiger partial charge in [-0.1, -0.05) is 19.9 Å². The highest BCUT2D eigenvalue weighted by atomic mass is 35.5. The third-order valence-electron chi connectivity index (χ3n) is 4.84. The Bertz CT molecular complexity index is 662. The van der Waals surface area contributed by atoms with Crippen LogP contribution in [0.15, 0.2) is 18.2 Å². The second kappa shape index (κ2) is 5.29. The van der Waals surface area contributed by atoms with Crippen LogP contribution >= 0.6 is 11.6 Å². The molecule has 0 aliphatic heterocycles. The van der Waals surface area contributed by atoms with Crippen LogP contribution in [0.25, 0.3) is 11.0 Å². The van der Waals surface area contributed by atoms with Gasteiger partial charge in [-0.15, -0.1) is 11.6 Å². The van der Waals surface area contributed by atoms with Crippen LogP contribution in [0.4, 0.5) is 0 Å². The van der Waals surface area contributed by atoms with Crippen LogP contribution < -0.4 is 0 Å². The summed E-state index contributed by atoms with van der Waals surface area (Å²) in [6.07, 6.45) is 1.35. The lowest BCUT2D eigenvalue weighted by atomic mass is 9.64. The zero-order chi connectivity index (χ0) is 15.2. The van der Waals surface area contributed by atoms with Crippen LogP contribution in [0.2, 0.25) is 0 Å². The highest BCUT2D eigenvalue weighted by molar-refractivity contribution is 6.16. The SMILES string of the molecule is CCOC1CC(n2c(CCl)nc3cc(C)ccc32)C1(C)C. The standard InChI is InChI=1S/C17H23ClN2O/c1-5-21-15-9-14(17(15,3)4)20-13-7-6-11(2)8-12(13)19-16(20)10-18/h6-8,14-15H,5,9-10H2,1-4H3. The van der Waals surface area contributed by atoms with E-state index in [-0.39, 0.29) is 5.41 Å². The number of halogens is 1. The molecule has 0 bridgehead atoms. The molecule has 0 amide bonds. The number of imidazole rings is 1.